The third-order valence-corrected chi connectivity index (χ3v) is 6.38. The van der Waals surface area contributed by atoms with Crippen molar-refractivity contribution in [1.82, 2.24) is 20.1 Å². The van der Waals surface area contributed by atoms with Crippen molar-refractivity contribution in [2.24, 2.45) is 5.92 Å². The van der Waals surface area contributed by atoms with Crippen LogP contribution in [0.4, 0.5) is 4.39 Å². The van der Waals surface area contributed by atoms with E-state index in [4.69, 9.17) is 0 Å². The summed E-state index contributed by atoms with van der Waals surface area (Å²) >= 11 is 0. The molecule has 1 atom stereocenters. The molecule has 1 saturated heterocycles. The van der Waals surface area contributed by atoms with Crippen LogP contribution in [0.3, 0.4) is 0 Å². The van der Waals surface area contributed by atoms with Gasteiger partial charge < -0.3 is 15.1 Å². The molecule has 6 nitrogen and oxygen atoms in total. The second-order valence-electron chi connectivity index (χ2n) is 9.66. The van der Waals surface area contributed by atoms with Gasteiger partial charge in [0, 0.05) is 43.3 Å². The van der Waals surface area contributed by atoms with Gasteiger partial charge in [0.25, 0.3) is 5.91 Å². The molecule has 0 radical (unpaired) electrons. The van der Waals surface area contributed by atoms with E-state index in [0.29, 0.717) is 18.7 Å². The topological polar surface area (TPSA) is 65.5 Å². The molecular formula is C27H31FN4O2. The van der Waals surface area contributed by atoms with Crippen LogP contribution >= 0.6 is 0 Å². The average molecular weight is 463 g/mol. The van der Waals surface area contributed by atoms with Gasteiger partial charge in [-0.1, -0.05) is 24.3 Å². The molecule has 1 N–H and O–H groups in total. The highest BCUT2D eigenvalue weighted by molar-refractivity contribution is 5.99. The molecule has 4 rings (SSSR count). The molecule has 1 aromatic heterocycles. The molecule has 7 heteroatoms. The first-order valence-electron chi connectivity index (χ1n) is 11.6. The van der Waals surface area contributed by atoms with E-state index in [1.54, 1.807) is 13.8 Å². The third-order valence-electron chi connectivity index (χ3n) is 6.38. The van der Waals surface area contributed by atoms with Gasteiger partial charge in [-0.15, -0.1) is 0 Å². The normalized spacial score (nSPS) is 17.4. The van der Waals surface area contributed by atoms with E-state index in [-0.39, 0.29) is 11.8 Å². The van der Waals surface area contributed by atoms with Crippen LogP contribution in [-0.2, 0) is 11.2 Å². The molecule has 2 heterocycles. The van der Waals surface area contributed by atoms with Crippen molar-refractivity contribution in [2.75, 3.05) is 33.2 Å². The maximum Gasteiger partial charge on any atom is 0.252 e. The summed E-state index contributed by atoms with van der Waals surface area (Å²) in [6.07, 6.45) is 2.62. The number of likely N-dealkylation sites (N-methyl/N-ethyl adjacent to an activating group) is 1. The van der Waals surface area contributed by atoms with Crippen molar-refractivity contribution in [3.63, 3.8) is 0 Å². The number of benzene rings is 2. The van der Waals surface area contributed by atoms with Crippen LogP contribution in [0.15, 0.2) is 60.8 Å². The number of rotatable bonds is 5. The van der Waals surface area contributed by atoms with Gasteiger partial charge in [0.1, 0.15) is 11.4 Å². The Morgan fingerprint density at radius 3 is 2.56 bits per heavy atom. The molecule has 0 bridgehead atoms. The Labute approximate surface area is 199 Å². The molecule has 0 saturated carbocycles. The predicted molar refractivity (Wildman–Crippen MR) is 131 cm³/mol. The maximum absolute atomic E-state index is 13.5. The summed E-state index contributed by atoms with van der Waals surface area (Å²) in [6, 6.07) is 15.5. The van der Waals surface area contributed by atoms with E-state index < -0.39 is 17.3 Å². The Morgan fingerprint density at radius 1 is 1.06 bits per heavy atom. The molecule has 34 heavy (non-hydrogen) atoms. The van der Waals surface area contributed by atoms with Crippen LogP contribution in [-0.4, -0.2) is 65.4 Å². The lowest BCUT2D eigenvalue weighted by Gasteiger charge is -2.33. The average Bonchev–Trinajstić information content (AvgIpc) is 2.99. The summed E-state index contributed by atoms with van der Waals surface area (Å²) in [7, 11) is 2.07. The molecule has 0 spiro atoms. The standard InChI is InChI=1S/C27H31FN4O2/c1-27(2,30-25(33)21-9-11-23(28)12-10-21)26(34)32-15-14-31(3)17-19(18-32)16-22-7-4-6-20-8-5-13-29-24(20)22/h4-13,19H,14-18H2,1-3H3,(H,30,33)/t19-/m0/s1. The Morgan fingerprint density at radius 2 is 1.79 bits per heavy atom. The second kappa shape index (κ2) is 9.89. The second-order valence-corrected chi connectivity index (χ2v) is 9.66. The van der Waals surface area contributed by atoms with Gasteiger partial charge in [0.15, 0.2) is 0 Å². The fourth-order valence-electron chi connectivity index (χ4n) is 4.65. The van der Waals surface area contributed by atoms with E-state index in [1.807, 2.05) is 17.2 Å². The first-order chi connectivity index (χ1) is 16.2. The number of amides is 2. The number of carbonyl (C=O) groups is 2. The van der Waals surface area contributed by atoms with Crippen LogP contribution < -0.4 is 5.32 Å². The number of fused-ring (bicyclic) bond motifs is 1. The number of hydrogen-bond donors (Lipinski definition) is 1. The zero-order valence-corrected chi connectivity index (χ0v) is 19.9. The molecule has 1 aliphatic rings. The van der Waals surface area contributed by atoms with Crippen LogP contribution in [0.25, 0.3) is 10.9 Å². The third kappa shape index (κ3) is 5.42. The highest BCUT2D eigenvalue weighted by Crippen LogP contribution is 2.22. The van der Waals surface area contributed by atoms with E-state index in [9.17, 15) is 14.0 Å². The molecule has 178 valence electrons. The van der Waals surface area contributed by atoms with Crippen LogP contribution in [0, 0.1) is 11.7 Å². The Balaban J connectivity index is 1.49. The predicted octanol–water partition coefficient (Wildman–Crippen LogP) is 3.52. The molecule has 0 aliphatic carbocycles. The van der Waals surface area contributed by atoms with Crippen molar-refractivity contribution < 1.29 is 14.0 Å². The van der Waals surface area contributed by atoms with Crippen LogP contribution in [0.2, 0.25) is 0 Å². The molecule has 1 aliphatic heterocycles. The lowest BCUT2D eigenvalue weighted by Crippen LogP contribution is -2.57. The smallest absolute Gasteiger partial charge is 0.252 e. The summed E-state index contributed by atoms with van der Waals surface area (Å²) in [5.74, 6) is -0.705. The molecular weight excluding hydrogens is 431 g/mol. The fourth-order valence-corrected chi connectivity index (χ4v) is 4.65. The van der Waals surface area contributed by atoms with Crippen molar-refractivity contribution in [2.45, 2.75) is 25.8 Å². The van der Waals surface area contributed by atoms with Gasteiger partial charge in [-0.3, -0.25) is 14.6 Å². The molecule has 3 aromatic rings. The highest BCUT2D eigenvalue weighted by atomic mass is 19.1. The Hall–Kier alpha value is -3.32. The summed E-state index contributed by atoms with van der Waals surface area (Å²) < 4.78 is 13.2. The first kappa shape index (κ1) is 23.8. The highest BCUT2D eigenvalue weighted by Gasteiger charge is 2.36. The van der Waals surface area contributed by atoms with E-state index in [0.717, 1.165) is 30.4 Å². The van der Waals surface area contributed by atoms with E-state index >= 15 is 0 Å². The largest absolute Gasteiger partial charge is 0.339 e. The lowest BCUT2D eigenvalue weighted by molar-refractivity contribution is -0.137. The van der Waals surface area contributed by atoms with Crippen LogP contribution in [0.1, 0.15) is 29.8 Å². The number of hydrogen-bond acceptors (Lipinski definition) is 4. The van der Waals surface area contributed by atoms with E-state index in [2.05, 4.69) is 46.5 Å². The summed E-state index contributed by atoms with van der Waals surface area (Å²) in [5, 5.41) is 3.94. The number of nitrogens with one attached hydrogen (secondary N) is 1. The molecule has 1 fully saturated rings. The van der Waals surface area contributed by atoms with Gasteiger partial charge in [0.05, 0.1) is 5.52 Å². The van der Waals surface area contributed by atoms with E-state index in [1.165, 1.54) is 29.8 Å². The minimum Gasteiger partial charge on any atom is -0.339 e. The SMILES string of the molecule is CN1CCN(C(=O)C(C)(C)NC(=O)c2ccc(F)cc2)C[C@@H](Cc2cccc3cccnc23)C1. The number of pyridine rings is 1. The zero-order valence-electron chi connectivity index (χ0n) is 19.9. The summed E-state index contributed by atoms with van der Waals surface area (Å²) in [6.45, 7) is 6.26. The van der Waals surface area contributed by atoms with Gasteiger partial charge >= 0.3 is 0 Å². The summed E-state index contributed by atoms with van der Waals surface area (Å²) in [4.78, 5) is 34.9. The Bertz CT molecular complexity index is 1170. The lowest BCUT2D eigenvalue weighted by atomic mass is 9.95. The molecule has 2 amide bonds. The number of halogens is 1. The molecule has 2 aromatic carbocycles. The summed E-state index contributed by atoms with van der Waals surface area (Å²) in [5.41, 5.74) is 1.40. The van der Waals surface area contributed by atoms with Crippen molar-refractivity contribution in [3.8, 4) is 0 Å². The van der Waals surface area contributed by atoms with Crippen molar-refractivity contribution in [1.29, 1.82) is 0 Å². The van der Waals surface area contributed by atoms with Gasteiger partial charge in [-0.2, -0.15) is 0 Å². The van der Waals surface area contributed by atoms with Gasteiger partial charge in [0.2, 0.25) is 5.91 Å². The first-order valence-corrected chi connectivity index (χ1v) is 11.6. The number of para-hydroxylation sites is 1. The Kier molecular flexibility index (Phi) is 6.93. The van der Waals surface area contributed by atoms with Gasteiger partial charge in [-0.05, 0) is 69.1 Å². The van der Waals surface area contributed by atoms with Crippen LogP contribution in [0.5, 0.6) is 0 Å². The van der Waals surface area contributed by atoms with Gasteiger partial charge in [-0.25, -0.2) is 4.39 Å². The number of carbonyl (C=O) groups excluding carboxylic acids is 2. The fraction of sp³-hybridized carbons (Fsp3) is 0.370. The zero-order chi connectivity index (χ0) is 24.3. The number of aromatic nitrogens is 1. The molecule has 0 unspecified atom stereocenters. The minimum atomic E-state index is -1.10. The van der Waals surface area contributed by atoms with Crippen molar-refractivity contribution in [3.05, 3.63) is 77.7 Å². The quantitative estimate of drug-likeness (QED) is 0.630. The minimum absolute atomic E-state index is 0.126. The number of nitrogens with zero attached hydrogens (tertiary/aromatic N) is 3. The monoisotopic (exact) mass is 462 g/mol. The van der Waals surface area contributed by atoms with Crippen molar-refractivity contribution >= 4 is 22.7 Å². The maximum atomic E-state index is 13.5.